The zero-order valence-electron chi connectivity index (χ0n) is 24.9. The Hall–Kier alpha value is -3.49. The van der Waals surface area contributed by atoms with Gasteiger partial charge in [0, 0.05) is 43.8 Å². The number of benzene rings is 2. The van der Waals surface area contributed by atoms with E-state index in [1.165, 1.54) is 25.6 Å². The number of hydrogen-bond acceptors (Lipinski definition) is 10. The Morgan fingerprint density at radius 3 is 2.31 bits per heavy atom. The van der Waals surface area contributed by atoms with Crippen molar-refractivity contribution in [1.29, 1.82) is 0 Å². The Labute approximate surface area is 270 Å². The van der Waals surface area contributed by atoms with Crippen molar-refractivity contribution in [3.8, 4) is 11.5 Å². The van der Waals surface area contributed by atoms with Crippen molar-refractivity contribution in [2.75, 3.05) is 65.2 Å². The van der Waals surface area contributed by atoms with Crippen LogP contribution in [0.15, 0.2) is 30.6 Å². The second-order valence-electron chi connectivity index (χ2n) is 10.1. The molecule has 2 amide bonds. The van der Waals surface area contributed by atoms with Gasteiger partial charge in [-0.25, -0.2) is 14.4 Å². The molecule has 2 aromatic carbocycles. The van der Waals surface area contributed by atoms with Gasteiger partial charge in [-0.3, -0.25) is 9.59 Å². The number of nitrogens with two attached hydrogens (primary N) is 1. The van der Waals surface area contributed by atoms with Crippen LogP contribution < -0.4 is 20.5 Å². The molecule has 1 fully saturated rings. The van der Waals surface area contributed by atoms with Crippen LogP contribution in [0.25, 0.3) is 10.9 Å². The third-order valence-corrected chi connectivity index (χ3v) is 7.78. The highest BCUT2D eigenvalue weighted by Gasteiger charge is 2.25. The molecule has 0 spiro atoms. The summed E-state index contributed by atoms with van der Waals surface area (Å²) in [6.45, 7) is 3.16. The molecule has 15 heteroatoms. The van der Waals surface area contributed by atoms with Crippen LogP contribution >= 0.6 is 23.2 Å². The minimum absolute atomic E-state index is 0.0166. The molecule has 1 saturated heterocycles. The first-order valence-electron chi connectivity index (χ1n) is 14.5. The molecule has 12 nitrogen and oxygen atoms in total. The van der Waals surface area contributed by atoms with E-state index < -0.39 is 11.7 Å². The zero-order chi connectivity index (χ0) is 32.2. The highest BCUT2D eigenvalue weighted by Crippen LogP contribution is 2.37. The number of hydrogen-bond donors (Lipinski definition) is 2. The van der Waals surface area contributed by atoms with Gasteiger partial charge in [0.1, 0.15) is 18.2 Å². The second-order valence-corrected chi connectivity index (χ2v) is 10.9. The number of nitrogens with zero attached hydrogens (tertiary/aromatic N) is 3. The Balaban J connectivity index is 1.23. The fourth-order valence-electron chi connectivity index (χ4n) is 4.60. The molecular formula is C30H36Cl2FN5O7. The lowest BCUT2D eigenvalue weighted by atomic mass is 10.1. The summed E-state index contributed by atoms with van der Waals surface area (Å²) in [7, 11) is 1.54. The Kier molecular flexibility index (Phi) is 13.2. The lowest BCUT2D eigenvalue weighted by Crippen LogP contribution is -2.42. The minimum atomic E-state index is -0.695. The first kappa shape index (κ1) is 34.4. The predicted molar refractivity (Wildman–Crippen MR) is 167 cm³/mol. The highest BCUT2D eigenvalue weighted by molar-refractivity contribution is 6.42. The quantitative estimate of drug-likeness (QED) is 0.156. The first-order valence-corrected chi connectivity index (χ1v) is 15.2. The molecule has 45 heavy (non-hydrogen) atoms. The summed E-state index contributed by atoms with van der Waals surface area (Å²) in [6, 6.07) is 6.45. The van der Waals surface area contributed by atoms with Gasteiger partial charge in [0.2, 0.25) is 11.8 Å². The summed E-state index contributed by atoms with van der Waals surface area (Å²) in [5, 5.41) is 3.47. The monoisotopic (exact) mass is 667 g/mol. The third-order valence-electron chi connectivity index (χ3n) is 6.99. The van der Waals surface area contributed by atoms with E-state index in [0.717, 1.165) is 0 Å². The number of rotatable bonds is 17. The molecule has 0 atom stereocenters. The van der Waals surface area contributed by atoms with E-state index >= 15 is 0 Å². The minimum Gasteiger partial charge on any atom is -0.493 e. The molecule has 3 aromatic rings. The molecule has 2 heterocycles. The normalized spacial score (nSPS) is 13.6. The molecule has 1 aliphatic heterocycles. The van der Waals surface area contributed by atoms with Crippen molar-refractivity contribution in [2.24, 2.45) is 5.73 Å². The van der Waals surface area contributed by atoms with Crippen LogP contribution in [0.4, 0.5) is 15.9 Å². The van der Waals surface area contributed by atoms with Crippen LogP contribution in [0.2, 0.25) is 10.0 Å². The smallest absolute Gasteiger partial charge is 0.224 e. The van der Waals surface area contributed by atoms with Gasteiger partial charge in [-0.2, -0.15) is 0 Å². The van der Waals surface area contributed by atoms with Crippen molar-refractivity contribution >= 4 is 57.4 Å². The molecule has 0 aliphatic carbocycles. The SMILES string of the molecule is COc1cc2ncnc(Nc3ccc(Cl)c(Cl)c3F)c2cc1OC1CCN(C(=O)CCOCCOCCOCCC(N)=O)CC1. The number of anilines is 2. The number of halogens is 3. The van der Waals surface area contributed by atoms with Crippen molar-refractivity contribution in [3.05, 3.63) is 46.5 Å². The van der Waals surface area contributed by atoms with E-state index in [1.54, 1.807) is 12.1 Å². The van der Waals surface area contributed by atoms with Crippen molar-refractivity contribution in [3.63, 3.8) is 0 Å². The van der Waals surface area contributed by atoms with Crippen molar-refractivity contribution in [1.82, 2.24) is 14.9 Å². The maximum absolute atomic E-state index is 14.7. The number of nitrogens with one attached hydrogen (secondary N) is 1. The fourth-order valence-corrected chi connectivity index (χ4v) is 4.91. The molecule has 0 saturated carbocycles. The number of carbonyl (C=O) groups excluding carboxylic acids is 2. The van der Waals surface area contributed by atoms with E-state index in [1.807, 2.05) is 4.90 Å². The van der Waals surface area contributed by atoms with Crippen molar-refractivity contribution in [2.45, 2.75) is 31.8 Å². The number of amides is 2. The first-order chi connectivity index (χ1) is 21.8. The van der Waals surface area contributed by atoms with Crippen molar-refractivity contribution < 1.29 is 37.7 Å². The number of primary amides is 1. The second kappa shape index (κ2) is 17.3. The predicted octanol–water partition coefficient (Wildman–Crippen LogP) is 4.51. The van der Waals surface area contributed by atoms with Gasteiger partial charge in [0.15, 0.2) is 17.3 Å². The van der Waals surface area contributed by atoms with E-state index in [4.69, 9.17) is 52.6 Å². The summed E-state index contributed by atoms with van der Waals surface area (Å²) < 4.78 is 42.7. The number of fused-ring (bicyclic) bond motifs is 1. The molecule has 3 N–H and O–H groups in total. The van der Waals surface area contributed by atoms with E-state index in [9.17, 15) is 14.0 Å². The fraction of sp³-hybridized carbons (Fsp3) is 0.467. The summed E-state index contributed by atoms with van der Waals surface area (Å²) in [5.41, 5.74) is 5.72. The third kappa shape index (κ3) is 10.00. The highest BCUT2D eigenvalue weighted by atomic mass is 35.5. The number of aromatic nitrogens is 2. The van der Waals surface area contributed by atoms with Crippen LogP contribution in [0, 0.1) is 5.82 Å². The summed E-state index contributed by atoms with van der Waals surface area (Å²) in [4.78, 5) is 33.7. The maximum atomic E-state index is 14.7. The Morgan fingerprint density at radius 1 is 0.978 bits per heavy atom. The van der Waals surface area contributed by atoms with Gasteiger partial charge in [0.05, 0.1) is 74.4 Å². The molecule has 4 rings (SSSR count). The molecule has 1 aliphatic rings. The molecule has 0 unspecified atom stereocenters. The number of piperidine rings is 1. The van der Waals surface area contributed by atoms with Crippen LogP contribution in [0.5, 0.6) is 11.5 Å². The summed E-state index contributed by atoms with van der Waals surface area (Å²) in [5.74, 6) is 0.242. The summed E-state index contributed by atoms with van der Waals surface area (Å²) in [6.07, 6.45) is 2.93. The Morgan fingerprint density at radius 2 is 1.64 bits per heavy atom. The van der Waals surface area contributed by atoms with Gasteiger partial charge in [-0.15, -0.1) is 0 Å². The number of likely N-dealkylation sites (tertiary alicyclic amines) is 1. The van der Waals surface area contributed by atoms with E-state index in [0.29, 0.717) is 87.2 Å². The summed E-state index contributed by atoms with van der Waals surface area (Å²) >= 11 is 11.9. The lowest BCUT2D eigenvalue weighted by Gasteiger charge is -2.32. The average Bonchev–Trinajstić information content (AvgIpc) is 3.03. The molecular weight excluding hydrogens is 632 g/mol. The van der Waals surface area contributed by atoms with Crippen LogP contribution in [-0.2, 0) is 23.8 Å². The molecule has 0 bridgehead atoms. The molecule has 244 valence electrons. The van der Waals surface area contributed by atoms with Gasteiger partial charge in [0.25, 0.3) is 0 Å². The lowest BCUT2D eigenvalue weighted by molar-refractivity contribution is -0.134. The Bertz CT molecular complexity index is 1460. The van der Waals surface area contributed by atoms with E-state index in [-0.39, 0.29) is 47.2 Å². The topological polar surface area (TPSA) is 147 Å². The number of methoxy groups -OCH3 is 1. The largest absolute Gasteiger partial charge is 0.493 e. The van der Waals surface area contributed by atoms with Gasteiger partial charge < -0.3 is 39.6 Å². The van der Waals surface area contributed by atoms with Gasteiger partial charge in [-0.05, 0) is 18.2 Å². The van der Waals surface area contributed by atoms with E-state index in [2.05, 4.69) is 15.3 Å². The molecule has 1 aromatic heterocycles. The van der Waals surface area contributed by atoms with Gasteiger partial charge in [-0.1, -0.05) is 23.2 Å². The van der Waals surface area contributed by atoms with Crippen LogP contribution in [0.3, 0.4) is 0 Å². The van der Waals surface area contributed by atoms with Gasteiger partial charge >= 0.3 is 0 Å². The van der Waals surface area contributed by atoms with Crippen LogP contribution in [0.1, 0.15) is 25.7 Å². The number of ether oxygens (including phenoxy) is 5. The average molecular weight is 669 g/mol. The maximum Gasteiger partial charge on any atom is 0.224 e. The number of carbonyl (C=O) groups is 2. The zero-order valence-corrected chi connectivity index (χ0v) is 26.4. The molecule has 0 radical (unpaired) electrons. The standard InChI is InChI=1S/C30H36Cl2FN5O7/c1-41-24-17-23-20(30(36-18-35-23)37-22-3-2-21(31)28(32)29(22)33)16-25(24)45-19-4-8-38(9-5-19)27(40)7-11-43-13-15-44-14-12-42-10-6-26(34)39/h2-3,16-19H,4-15H2,1H3,(H2,34,39)(H,35,36,37). The van der Waals surface area contributed by atoms with Crippen LogP contribution in [-0.4, -0.2) is 92.6 Å².